The molecule has 0 aromatic heterocycles. The van der Waals surface area contributed by atoms with Crippen LogP contribution >= 0.6 is 0 Å². The summed E-state index contributed by atoms with van der Waals surface area (Å²) in [6.07, 6.45) is 4.10. The summed E-state index contributed by atoms with van der Waals surface area (Å²) in [7, 11) is 0. The number of carbonyl (C=O) groups is 2. The van der Waals surface area contributed by atoms with Crippen LogP contribution in [0.15, 0.2) is 36.4 Å². The Morgan fingerprint density at radius 2 is 1.86 bits per heavy atom. The van der Waals surface area contributed by atoms with Gasteiger partial charge in [-0.2, -0.15) is 0 Å². The predicted octanol–water partition coefficient (Wildman–Crippen LogP) is 2.65. The van der Waals surface area contributed by atoms with E-state index in [1.165, 1.54) is 18.2 Å². The first kappa shape index (κ1) is 16.2. The average molecular weight is 305 g/mol. The van der Waals surface area contributed by atoms with Crippen LogP contribution in [0.3, 0.4) is 0 Å². The molecule has 0 spiro atoms. The van der Waals surface area contributed by atoms with E-state index in [0.29, 0.717) is 25.6 Å². The highest BCUT2D eigenvalue weighted by Gasteiger charge is 2.22. The molecule has 0 radical (unpaired) electrons. The zero-order valence-corrected chi connectivity index (χ0v) is 12.6. The normalized spacial score (nSPS) is 16.0. The SMILES string of the molecule is CCOC(=O)C=CC(=O)N1CCC(c2ccc(F)cc2)CC1. The minimum atomic E-state index is -0.503. The highest BCUT2D eigenvalue weighted by molar-refractivity contribution is 5.94. The van der Waals surface area contributed by atoms with E-state index >= 15 is 0 Å². The van der Waals surface area contributed by atoms with Gasteiger partial charge in [0.25, 0.3) is 0 Å². The van der Waals surface area contributed by atoms with Crippen LogP contribution < -0.4 is 0 Å². The maximum Gasteiger partial charge on any atom is 0.330 e. The number of rotatable bonds is 4. The molecule has 0 unspecified atom stereocenters. The molecule has 1 heterocycles. The molecule has 1 fully saturated rings. The second kappa shape index (κ2) is 7.73. The fourth-order valence-corrected chi connectivity index (χ4v) is 2.60. The van der Waals surface area contributed by atoms with E-state index in [9.17, 15) is 14.0 Å². The molecule has 1 aromatic rings. The van der Waals surface area contributed by atoms with Crippen molar-refractivity contribution in [2.75, 3.05) is 19.7 Å². The van der Waals surface area contributed by atoms with Gasteiger partial charge in [-0.05, 0) is 43.4 Å². The minimum absolute atomic E-state index is 0.175. The van der Waals surface area contributed by atoms with Crippen LogP contribution in [0, 0.1) is 5.82 Å². The number of piperidine rings is 1. The summed E-state index contributed by atoms with van der Waals surface area (Å²) >= 11 is 0. The number of halogens is 1. The quantitative estimate of drug-likeness (QED) is 0.634. The molecule has 1 aliphatic rings. The van der Waals surface area contributed by atoms with Gasteiger partial charge in [-0.1, -0.05) is 12.1 Å². The third-order valence-electron chi connectivity index (χ3n) is 3.80. The van der Waals surface area contributed by atoms with Crippen molar-refractivity contribution < 1.29 is 18.7 Å². The lowest BCUT2D eigenvalue weighted by molar-refractivity contribution is -0.137. The molecule has 5 heteroatoms. The highest BCUT2D eigenvalue weighted by atomic mass is 19.1. The number of esters is 1. The Labute approximate surface area is 129 Å². The fraction of sp³-hybridized carbons (Fsp3) is 0.412. The Morgan fingerprint density at radius 3 is 2.45 bits per heavy atom. The van der Waals surface area contributed by atoms with Crippen LogP contribution in [0.4, 0.5) is 4.39 Å². The van der Waals surface area contributed by atoms with Gasteiger partial charge in [0.2, 0.25) is 5.91 Å². The summed E-state index contributed by atoms with van der Waals surface area (Å²) in [5, 5.41) is 0. The van der Waals surface area contributed by atoms with E-state index in [0.717, 1.165) is 24.5 Å². The number of hydrogen-bond donors (Lipinski definition) is 0. The number of amides is 1. The van der Waals surface area contributed by atoms with Crippen LogP contribution in [-0.4, -0.2) is 36.5 Å². The Morgan fingerprint density at radius 1 is 1.23 bits per heavy atom. The van der Waals surface area contributed by atoms with Gasteiger partial charge in [-0.3, -0.25) is 4.79 Å². The molecule has 0 saturated carbocycles. The predicted molar refractivity (Wildman–Crippen MR) is 80.7 cm³/mol. The van der Waals surface area contributed by atoms with Crippen molar-refractivity contribution in [2.45, 2.75) is 25.7 Å². The highest BCUT2D eigenvalue weighted by Crippen LogP contribution is 2.28. The zero-order chi connectivity index (χ0) is 15.9. The molecule has 0 bridgehead atoms. The smallest absolute Gasteiger partial charge is 0.330 e. The van der Waals surface area contributed by atoms with E-state index in [4.69, 9.17) is 4.74 Å². The van der Waals surface area contributed by atoms with Crippen molar-refractivity contribution in [3.05, 3.63) is 47.8 Å². The van der Waals surface area contributed by atoms with Crippen LogP contribution in [-0.2, 0) is 14.3 Å². The lowest BCUT2D eigenvalue weighted by atomic mass is 9.89. The van der Waals surface area contributed by atoms with Crippen LogP contribution in [0.25, 0.3) is 0 Å². The Bertz CT molecular complexity index is 546. The molecule has 1 aliphatic heterocycles. The maximum absolute atomic E-state index is 12.9. The standard InChI is InChI=1S/C17H20FNO3/c1-2-22-17(21)8-7-16(20)19-11-9-14(10-12-19)13-3-5-15(18)6-4-13/h3-8,14H,2,9-12H2,1H3. The molecule has 118 valence electrons. The summed E-state index contributed by atoms with van der Waals surface area (Å²) in [5.41, 5.74) is 1.11. The van der Waals surface area contributed by atoms with E-state index in [1.807, 2.05) is 0 Å². The van der Waals surface area contributed by atoms with E-state index in [-0.39, 0.29) is 11.7 Å². The number of nitrogens with zero attached hydrogens (tertiary/aromatic N) is 1. The molecular weight excluding hydrogens is 285 g/mol. The molecule has 1 saturated heterocycles. The van der Waals surface area contributed by atoms with Crippen molar-refractivity contribution in [3.63, 3.8) is 0 Å². The number of carbonyl (C=O) groups excluding carboxylic acids is 2. The van der Waals surface area contributed by atoms with Gasteiger partial charge >= 0.3 is 5.97 Å². The maximum atomic E-state index is 12.9. The molecular formula is C17H20FNO3. The number of benzene rings is 1. The first-order valence-electron chi connectivity index (χ1n) is 7.49. The molecule has 4 nitrogen and oxygen atoms in total. The van der Waals surface area contributed by atoms with Crippen molar-refractivity contribution in [1.29, 1.82) is 0 Å². The van der Waals surface area contributed by atoms with Crippen molar-refractivity contribution >= 4 is 11.9 Å². The van der Waals surface area contributed by atoms with Crippen molar-refractivity contribution in [2.24, 2.45) is 0 Å². The van der Waals surface area contributed by atoms with Gasteiger partial charge in [0.1, 0.15) is 5.82 Å². The topological polar surface area (TPSA) is 46.6 Å². The van der Waals surface area contributed by atoms with Gasteiger partial charge in [0.15, 0.2) is 0 Å². The number of hydrogen-bond acceptors (Lipinski definition) is 3. The summed E-state index contributed by atoms with van der Waals surface area (Å²) in [4.78, 5) is 24.9. The van der Waals surface area contributed by atoms with Gasteiger partial charge < -0.3 is 9.64 Å². The molecule has 1 aromatic carbocycles. The van der Waals surface area contributed by atoms with Crippen LogP contribution in [0.1, 0.15) is 31.2 Å². The summed E-state index contributed by atoms with van der Waals surface area (Å²) in [6, 6.07) is 6.54. The lowest BCUT2D eigenvalue weighted by Gasteiger charge is -2.31. The third kappa shape index (κ3) is 4.41. The molecule has 22 heavy (non-hydrogen) atoms. The summed E-state index contributed by atoms with van der Waals surface area (Å²) in [6.45, 7) is 3.27. The average Bonchev–Trinajstić information content (AvgIpc) is 2.54. The summed E-state index contributed by atoms with van der Waals surface area (Å²) < 4.78 is 17.7. The Kier molecular flexibility index (Phi) is 5.69. The van der Waals surface area contributed by atoms with Crippen LogP contribution in [0.2, 0.25) is 0 Å². The molecule has 2 rings (SSSR count). The van der Waals surface area contributed by atoms with Gasteiger partial charge in [0.05, 0.1) is 6.61 Å². The first-order chi connectivity index (χ1) is 10.6. The number of ether oxygens (including phenoxy) is 1. The second-order valence-corrected chi connectivity index (χ2v) is 5.24. The fourth-order valence-electron chi connectivity index (χ4n) is 2.60. The van der Waals surface area contributed by atoms with E-state index < -0.39 is 5.97 Å². The monoisotopic (exact) mass is 305 g/mol. The van der Waals surface area contributed by atoms with Gasteiger partial charge in [0, 0.05) is 25.2 Å². The Balaban J connectivity index is 1.85. The van der Waals surface area contributed by atoms with Crippen molar-refractivity contribution in [1.82, 2.24) is 4.90 Å². The number of likely N-dealkylation sites (tertiary alicyclic amines) is 1. The van der Waals surface area contributed by atoms with E-state index in [2.05, 4.69) is 0 Å². The molecule has 0 N–H and O–H groups in total. The van der Waals surface area contributed by atoms with Gasteiger partial charge in [-0.15, -0.1) is 0 Å². The minimum Gasteiger partial charge on any atom is -0.463 e. The lowest BCUT2D eigenvalue weighted by Crippen LogP contribution is -2.37. The summed E-state index contributed by atoms with van der Waals surface area (Å²) in [5.74, 6) is -0.568. The molecule has 0 atom stereocenters. The molecule has 1 amide bonds. The third-order valence-corrected chi connectivity index (χ3v) is 3.80. The Hall–Kier alpha value is -2.17. The van der Waals surface area contributed by atoms with Crippen LogP contribution in [0.5, 0.6) is 0 Å². The van der Waals surface area contributed by atoms with Gasteiger partial charge in [-0.25, -0.2) is 9.18 Å². The second-order valence-electron chi connectivity index (χ2n) is 5.24. The van der Waals surface area contributed by atoms with Crippen molar-refractivity contribution in [3.8, 4) is 0 Å². The van der Waals surface area contributed by atoms with E-state index in [1.54, 1.807) is 24.0 Å². The largest absolute Gasteiger partial charge is 0.463 e. The first-order valence-corrected chi connectivity index (χ1v) is 7.49. The zero-order valence-electron chi connectivity index (χ0n) is 12.6. The molecule has 0 aliphatic carbocycles.